The maximum absolute atomic E-state index is 4.28. The van der Waals surface area contributed by atoms with Crippen LogP contribution in [0.1, 0.15) is 32.4 Å². The van der Waals surface area contributed by atoms with Crippen molar-refractivity contribution in [2.75, 3.05) is 18.4 Å². The standard InChI is InChI=1S/C13H22N4/c1-3-12-7-13(16-9-15-12)17-10(2)11-5-4-6-14-8-11/h7,9-11,14H,3-6,8H2,1-2H3,(H,15,16,17). The summed E-state index contributed by atoms with van der Waals surface area (Å²) in [5.74, 6) is 1.65. The molecule has 1 aromatic heterocycles. The summed E-state index contributed by atoms with van der Waals surface area (Å²) in [6.07, 6.45) is 5.18. The van der Waals surface area contributed by atoms with Crippen LogP contribution >= 0.6 is 0 Å². The molecule has 0 saturated carbocycles. The van der Waals surface area contributed by atoms with Gasteiger partial charge in [-0.3, -0.25) is 0 Å². The summed E-state index contributed by atoms with van der Waals surface area (Å²) in [6.45, 7) is 6.63. The number of aromatic nitrogens is 2. The molecular formula is C13H22N4. The molecule has 2 atom stereocenters. The molecule has 4 heteroatoms. The zero-order valence-corrected chi connectivity index (χ0v) is 10.7. The number of nitrogens with one attached hydrogen (secondary N) is 2. The number of anilines is 1. The van der Waals surface area contributed by atoms with E-state index in [9.17, 15) is 0 Å². The Balaban J connectivity index is 1.94. The van der Waals surface area contributed by atoms with Crippen molar-refractivity contribution in [3.8, 4) is 0 Å². The summed E-state index contributed by atoms with van der Waals surface area (Å²) in [7, 11) is 0. The zero-order valence-electron chi connectivity index (χ0n) is 10.7. The molecule has 0 bridgehead atoms. The normalized spacial score (nSPS) is 22.1. The van der Waals surface area contributed by atoms with Crippen LogP contribution in [0.25, 0.3) is 0 Å². The first-order valence-corrected chi connectivity index (χ1v) is 6.57. The van der Waals surface area contributed by atoms with Gasteiger partial charge in [0, 0.05) is 17.8 Å². The van der Waals surface area contributed by atoms with Gasteiger partial charge in [-0.15, -0.1) is 0 Å². The smallest absolute Gasteiger partial charge is 0.129 e. The van der Waals surface area contributed by atoms with Crippen LogP contribution in [0.3, 0.4) is 0 Å². The predicted molar refractivity (Wildman–Crippen MR) is 70.1 cm³/mol. The van der Waals surface area contributed by atoms with Crippen molar-refractivity contribution in [2.45, 2.75) is 39.2 Å². The summed E-state index contributed by atoms with van der Waals surface area (Å²) in [4.78, 5) is 8.49. The molecule has 2 unspecified atom stereocenters. The SMILES string of the molecule is CCc1cc(NC(C)C2CCCNC2)ncn1. The lowest BCUT2D eigenvalue weighted by atomic mass is 9.93. The molecule has 2 N–H and O–H groups in total. The number of hydrogen-bond acceptors (Lipinski definition) is 4. The maximum atomic E-state index is 4.28. The molecule has 1 aromatic rings. The fourth-order valence-electron chi connectivity index (χ4n) is 2.33. The molecule has 2 heterocycles. The number of nitrogens with zero attached hydrogens (tertiary/aromatic N) is 2. The largest absolute Gasteiger partial charge is 0.367 e. The van der Waals surface area contributed by atoms with E-state index >= 15 is 0 Å². The molecule has 0 spiro atoms. The van der Waals surface area contributed by atoms with Crippen LogP contribution in [-0.2, 0) is 6.42 Å². The first-order chi connectivity index (χ1) is 8.29. The predicted octanol–water partition coefficient (Wildman–Crippen LogP) is 1.84. The molecule has 1 fully saturated rings. The van der Waals surface area contributed by atoms with Gasteiger partial charge in [0.2, 0.25) is 0 Å². The maximum Gasteiger partial charge on any atom is 0.129 e. The first-order valence-electron chi connectivity index (χ1n) is 6.57. The Morgan fingerprint density at radius 3 is 3.12 bits per heavy atom. The monoisotopic (exact) mass is 234 g/mol. The van der Waals surface area contributed by atoms with Crippen LogP contribution in [0.15, 0.2) is 12.4 Å². The molecule has 0 amide bonds. The Bertz CT molecular complexity index is 347. The molecule has 4 nitrogen and oxygen atoms in total. The lowest BCUT2D eigenvalue weighted by Crippen LogP contribution is -2.38. The summed E-state index contributed by atoms with van der Waals surface area (Å²) >= 11 is 0. The Labute approximate surface area is 103 Å². The highest BCUT2D eigenvalue weighted by Gasteiger charge is 2.19. The Kier molecular flexibility index (Phi) is 4.31. The van der Waals surface area contributed by atoms with Gasteiger partial charge in [-0.05, 0) is 45.2 Å². The number of rotatable bonds is 4. The number of piperidine rings is 1. The molecule has 94 valence electrons. The third kappa shape index (κ3) is 3.40. The third-order valence-corrected chi connectivity index (χ3v) is 3.50. The van der Waals surface area contributed by atoms with E-state index in [1.165, 1.54) is 12.8 Å². The van der Waals surface area contributed by atoms with Gasteiger partial charge in [0.1, 0.15) is 12.1 Å². The minimum atomic E-state index is 0.461. The van der Waals surface area contributed by atoms with Gasteiger partial charge < -0.3 is 10.6 Å². The summed E-state index contributed by atoms with van der Waals surface area (Å²) in [5.41, 5.74) is 1.09. The molecule has 1 aliphatic rings. The van der Waals surface area contributed by atoms with Crippen LogP contribution in [0.2, 0.25) is 0 Å². The van der Waals surface area contributed by atoms with E-state index in [0.29, 0.717) is 12.0 Å². The minimum Gasteiger partial charge on any atom is -0.367 e. The molecule has 0 aromatic carbocycles. The first kappa shape index (κ1) is 12.3. The van der Waals surface area contributed by atoms with Crippen molar-refractivity contribution < 1.29 is 0 Å². The second-order valence-corrected chi connectivity index (χ2v) is 4.79. The molecular weight excluding hydrogens is 212 g/mol. The van der Waals surface area contributed by atoms with Crippen molar-refractivity contribution in [1.29, 1.82) is 0 Å². The van der Waals surface area contributed by atoms with Crippen LogP contribution in [0.5, 0.6) is 0 Å². The van der Waals surface area contributed by atoms with E-state index in [-0.39, 0.29) is 0 Å². The van der Waals surface area contributed by atoms with Gasteiger partial charge in [-0.1, -0.05) is 6.92 Å². The fraction of sp³-hybridized carbons (Fsp3) is 0.692. The van der Waals surface area contributed by atoms with Crippen molar-refractivity contribution in [3.63, 3.8) is 0 Å². The van der Waals surface area contributed by atoms with E-state index < -0.39 is 0 Å². The summed E-state index contributed by atoms with van der Waals surface area (Å²) in [6, 6.07) is 2.51. The Hall–Kier alpha value is -1.16. The summed E-state index contributed by atoms with van der Waals surface area (Å²) in [5, 5.41) is 6.95. The van der Waals surface area contributed by atoms with Crippen molar-refractivity contribution in [1.82, 2.24) is 15.3 Å². The fourth-order valence-corrected chi connectivity index (χ4v) is 2.33. The van der Waals surface area contributed by atoms with E-state index in [4.69, 9.17) is 0 Å². The average Bonchev–Trinajstić information content (AvgIpc) is 2.40. The van der Waals surface area contributed by atoms with Crippen LogP contribution in [-0.4, -0.2) is 29.1 Å². The van der Waals surface area contributed by atoms with Crippen molar-refractivity contribution >= 4 is 5.82 Å². The van der Waals surface area contributed by atoms with E-state index in [1.54, 1.807) is 6.33 Å². The van der Waals surface area contributed by atoms with Gasteiger partial charge in [0.25, 0.3) is 0 Å². The van der Waals surface area contributed by atoms with E-state index in [0.717, 1.165) is 31.0 Å². The van der Waals surface area contributed by atoms with Gasteiger partial charge in [0.05, 0.1) is 0 Å². The number of aryl methyl sites for hydroxylation is 1. The highest BCUT2D eigenvalue weighted by molar-refractivity contribution is 5.36. The van der Waals surface area contributed by atoms with Crippen molar-refractivity contribution in [2.24, 2.45) is 5.92 Å². The van der Waals surface area contributed by atoms with Gasteiger partial charge in [-0.25, -0.2) is 9.97 Å². The van der Waals surface area contributed by atoms with E-state index in [1.807, 2.05) is 6.07 Å². The third-order valence-electron chi connectivity index (χ3n) is 3.50. The van der Waals surface area contributed by atoms with Gasteiger partial charge in [0.15, 0.2) is 0 Å². The van der Waals surface area contributed by atoms with Crippen LogP contribution < -0.4 is 10.6 Å². The highest BCUT2D eigenvalue weighted by Crippen LogP contribution is 2.17. The summed E-state index contributed by atoms with van der Waals surface area (Å²) < 4.78 is 0. The molecule has 0 radical (unpaired) electrons. The lowest BCUT2D eigenvalue weighted by Gasteiger charge is -2.29. The number of hydrogen-bond donors (Lipinski definition) is 2. The molecule has 0 aliphatic carbocycles. The minimum absolute atomic E-state index is 0.461. The molecule has 1 aliphatic heterocycles. The van der Waals surface area contributed by atoms with Gasteiger partial charge >= 0.3 is 0 Å². The molecule has 17 heavy (non-hydrogen) atoms. The second kappa shape index (κ2) is 5.96. The average molecular weight is 234 g/mol. The zero-order chi connectivity index (χ0) is 12.1. The Morgan fingerprint density at radius 2 is 2.41 bits per heavy atom. The second-order valence-electron chi connectivity index (χ2n) is 4.79. The molecule has 1 saturated heterocycles. The van der Waals surface area contributed by atoms with Crippen molar-refractivity contribution in [3.05, 3.63) is 18.1 Å². The van der Waals surface area contributed by atoms with Crippen LogP contribution in [0, 0.1) is 5.92 Å². The molecule has 2 rings (SSSR count). The topological polar surface area (TPSA) is 49.8 Å². The quantitative estimate of drug-likeness (QED) is 0.834. The van der Waals surface area contributed by atoms with E-state index in [2.05, 4.69) is 34.4 Å². The Morgan fingerprint density at radius 1 is 1.53 bits per heavy atom. The van der Waals surface area contributed by atoms with Crippen LogP contribution in [0.4, 0.5) is 5.82 Å². The lowest BCUT2D eigenvalue weighted by molar-refractivity contribution is 0.346. The highest BCUT2D eigenvalue weighted by atomic mass is 15.0. The van der Waals surface area contributed by atoms with Gasteiger partial charge in [-0.2, -0.15) is 0 Å².